The molecule has 2 aromatic carbocycles. The molecule has 0 radical (unpaired) electrons. The number of non-ortho nitro benzene ring substituents is 1. The van der Waals surface area contributed by atoms with Crippen molar-refractivity contribution in [1.29, 1.82) is 0 Å². The maximum atomic E-state index is 12.3. The van der Waals surface area contributed by atoms with Crippen LogP contribution in [0.3, 0.4) is 0 Å². The molecule has 0 saturated carbocycles. The first-order valence-electron chi connectivity index (χ1n) is 8.94. The number of ether oxygens (including phenoxy) is 1. The highest BCUT2D eigenvalue weighted by Gasteiger charge is 2.21. The van der Waals surface area contributed by atoms with E-state index in [9.17, 15) is 14.9 Å². The Balaban J connectivity index is 1.46. The minimum Gasteiger partial charge on any atom is -0.484 e. The number of nitrogens with zero attached hydrogens (tertiary/aromatic N) is 3. The zero-order valence-corrected chi connectivity index (χ0v) is 15.3. The van der Waals surface area contributed by atoms with E-state index in [1.807, 2.05) is 0 Å². The van der Waals surface area contributed by atoms with Crippen LogP contribution in [0.25, 0.3) is 0 Å². The van der Waals surface area contributed by atoms with Crippen LogP contribution in [0.4, 0.5) is 5.69 Å². The highest BCUT2D eigenvalue weighted by atomic mass is 16.6. The Labute approximate surface area is 158 Å². The van der Waals surface area contributed by atoms with Crippen LogP contribution in [0.5, 0.6) is 5.75 Å². The summed E-state index contributed by atoms with van der Waals surface area (Å²) in [5, 5.41) is 10.8. The molecule has 7 heteroatoms. The molecule has 0 atom stereocenters. The van der Waals surface area contributed by atoms with Gasteiger partial charge >= 0.3 is 0 Å². The molecule has 3 rings (SSSR count). The van der Waals surface area contributed by atoms with Gasteiger partial charge in [-0.25, -0.2) is 0 Å². The predicted molar refractivity (Wildman–Crippen MR) is 102 cm³/mol. The molecule has 142 valence electrons. The topological polar surface area (TPSA) is 75.9 Å². The SMILES string of the molecule is Cc1cccc(CN2CCN(C(=O)COc3cccc([N+](=O)[O-])c3)CC2)c1. The Kier molecular flexibility index (Phi) is 6.03. The van der Waals surface area contributed by atoms with Gasteiger partial charge in [-0.15, -0.1) is 0 Å². The zero-order valence-electron chi connectivity index (χ0n) is 15.3. The molecule has 0 aromatic heterocycles. The molecule has 1 fully saturated rings. The Morgan fingerprint density at radius 2 is 1.85 bits per heavy atom. The minimum atomic E-state index is -0.484. The van der Waals surface area contributed by atoms with Crippen LogP contribution in [0, 0.1) is 17.0 Å². The van der Waals surface area contributed by atoms with E-state index in [0.717, 1.165) is 19.6 Å². The van der Waals surface area contributed by atoms with Crippen molar-refractivity contribution in [3.63, 3.8) is 0 Å². The Morgan fingerprint density at radius 3 is 2.56 bits per heavy atom. The standard InChI is InChI=1S/C20H23N3O4/c1-16-4-2-5-17(12-16)14-21-8-10-22(11-9-21)20(24)15-27-19-7-3-6-18(13-19)23(25)26/h2-7,12-13H,8-11,14-15H2,1H3. The average Bonchev–Trinajstić information content (AvgIpc) is 2.67. The molecule has 0 bridgehead atoms. The van der Waals surface area contributed by atoms with E-state index in [-0.39, 0.29) is 18.2 Å². The van der Waals surface area contributed by atoms with Crippen LogP contribution in [-0.4, -0.2) is 53.4 Å². The van der Waals surface area contributed by atoms with Gasteiger partial charge in [0.25, 0.3) is 11.6 Å². The van der Waals surface area contributed by atoms with Gasteiger partial charge in [-0.05, 0) is 18.6 Å². The summed E-state index contributed by atoms with van der Waals surface area (Å²) < 4.78 is 5.44. The third kappa shape index (κ3) is 5.27. The van der Waals surface area contributed by atoms with E-state index in [1.165, 1.54) is 23.3 Å². The van der Waals surface area contributed by atoms with Gasteiger partial charge in [-0.2, -0.15) is 0 Å². The van der Waals surface area contributed by atoms with Crippen molar-refractivity contribution in [2.24, 2.45) is 0 Å². The molecule has 0 N–H and O–H groups in total. The number of carbonyl (C=O) groups is 1. The summed E-state index contributed by atoms with van der Waals surface area (Å²) in [4.78, 5) is 26.8. The van der Waals surface area contributed by atoms with Gasteiger partial charge < -0.3 is 9.64 Å². The van der Waals surface area contributed by atoms with Gasteiger partial charge in [0, 0.05) is 38.8 Å². The summed E-state index contributed by atoms with van der Waals surface area (Å²) in [7, 11) is 0. The Hall–Kier alpha value is -2.93. The lowest BCUT2D eigenvalue weighted by Crippen LogP contribution is -2.49. The van der Waals surface area contributed by atoms with E-state index in [0.29, 0.717) is 18.8 Å². The van der Waals surface area contributed by atoms with E-state index < -0.39 is 4.92 Å². The monoisotopic (exact) mass is 369 g/mol. The molecule has 7 nitrogen and oxygen atoms in total. The number of rotatable bonds is 6. The molecular weight excluding hydrogens is 346 g/mol. The van der Waals surface area contributed by atoms with Gasteiger partial charge in [-0.1, -0.05) is 35.9 Å². The third-order valence-electron chi connectivity index (χ3n) is 4.60. The number of amides is 1. The largest absolute Gasteiger partial charge is 0.484 e. The average molecular weight is 369 g/mol. The van der Waals surface area contributed by atoms with Crippen molar-refractivity contribution in [2.75, 3.05) is 32.8 Å². The number of aryl methyl sites for hydroxylation is 1. The normalized spacial score (nSPS) is 14.8. The summed E-state index contributed by atoms with van der Waals surface area (Å²) in [5.41, 5.74) is 2.48. The van der Waals surface area contributed by atoms with E-state index in [2.05, 4.69) is 36.1 Å². The van der Waals surface area contributed by atoms with Gasteiger partial charge in [0.2, 0.25) is 0 Å². The number of piperazine rings is 1. The van der Waals surface area contributed by atoms with Crippen LogP contribution < -0.4 is 4.74 Å². The molecule has 1 heterocycles. The molecule has 1 saturated heterocycles. The van der Waals surface area contributed by atoms with Crippen LogP contribution >= 0.6 is 0 Å². The fourth-order valence-electron chi connectivity index (χ4n) is 3.15. The second-order valence-corrected chi connectivity index (χ2v) is 6.69. The van der Waals surface area contributed by atoms with Crippen LogP contribution in [0.1, 0.15) is 11.1 Å². The fourth-order valence-corrected chi connectivity index (χ4v) is 3.15. The van der Waals surface area contributed by atoms with Crippen molar-refractivity contribution >= 4 is 11.6 Å². The first kappa shape index (κ1) is 18.8. The van der Waals surface area contributed by atoms with Crippen LogP contribution in [0.15, 0.2) is 48.5 Å². The lowest BCUT2D eigenvalue weighted by molar-refractivity contribution is -0.384. The first-order chi connectivity index (χ1) is 13.0. The number of nitro benzene ring substituents is 1. The smallest absolute Gasteiger partial charge is 0.273 e. The Morgan fingerprint density at radius 1 is 1.11 bits per heavy atom. The molecule has 1 amide bonds. The molecule has 0 unspecified atom stereocenters. The van der Waals surface area contributed by atoms with Crippen molar-refractivity contribution in [1.82, 2.24) is 9.80 Å². The predicted octanol–water partition coefficient (Wildman–Crippen LogP) is 2.63. The van der Waals surface area contributed by atoms with Gasteiger partial charge in [0.15, 0.2) is 6.61 Å². The highest BCUT2D eigenvalue weighted by molar-refractivity contribution is 5.77. The van der Waals surface area contributed by atoms with E-state index >= 15 is 0 Å². The Bertz CT molecular complexity index is 816. The van der Waals surface area contributed by atoms with E-state index in [1.54, 1.807) is 17.0 Å². The third-order valence-corrected chi connectivity index (χ3v) is 4.60. The summed E-state index contributed by atoms with van der Waals surface area (Å²) in [6.07, 6.45) is 0. The maximum Gasteiger partial charge on any atom is 0.273 e. The highest BCUT2D eigenvalue weighted by Crippen LogP contribution is 2.19. The molecular formula is C20H23N3O4. The molecule has 0 spiro atoms. The summed E-state index contributed by atoms with van der Waals surface area (Å²) in [6.45, 7) is 5.80. The van der Waals surface area contributed by atoms with Crippen molar-refractivity contribution in [3.05, 3.63) is 69.8 Å². The van der Waals surface area contributed by atoms with Crippen molar-refractivity contribution < 1.29 is 14.5 Å². The lowest BCUT2D eigenvalue weighted by Gasteiger charge is -2.34. The summed E-state index contributed by atoms with van der Waals surface area (Å²) in [6, 6.07) is 14.3. The molecule has 1 aliphatic heterocycles. The number of hydrogen-bond acceptors (Lipinski definition) is 5. The van der Waals surface area contributed by atoms with Gasteiger partial charge in [0.1, 0.15) is 5.75 Å². The number of hydrogen-bond donors (Lipinski definition) is 0. The summed E-state index contributed by atoms with van der Waals surface area (Å²) in [5.74, 6) is 0.229. The fraction of sp³-hybridized carbons (Fsp3) is 0.350. The minimum absolute atomic E-state index is 0.0512. The number of benzene rings is 2. The van der Waals surface area contributed by atoms with E-state index in [4.69, 9.17) is 4.74 Å². The molecule has 27 heavy (non-hydrogen) atoms. The van der Waals surface area contributed by atoms with Gasteiger partial charge in [-0.3, -0.25) is 19.8 Å². The quantitative estimate of drug-likeness (QED) is 0.578. The van der Waals surface area contributed by atoms with Crippen LogP contribution in [-0.2, 0) is 11.3 Å². The summed E-state index contributed by atoms with van der Waals surface area (Å²) >= 11 is 0. The second-order valence-electron chi connectivity index (χ2n) is 6.69. The molecule has 0 aliphatic carbocycles. The second kappa shape index (κ2) is 8.64. The van der Waals surface area contributed by atoms with Crippen molar-refractivity contribution in [2.45, 2.75) is 13.5 Å². The number of nitro groups is 1. The van der Waals surface area contributed by atoms with Gasteiger partial charge in [0.05, 0.1) is 11.0 Å². The molecule has 1 aliphatic rings. The zero-order chi connectivity index (χ0) is 19.2. The first-order valence-corrected chi connectivity index (χ1v) is 8.94. The lowest BCUT2D eigenvalue weighted by atomic mass is 10.1. The van der Waals surface area contributed by atoms with Crippen LogP contribution in [0.2, 0.25) is 0 Å². The molecule has 2 aromatic rings. The number of carbonyl (C=O) groups excluding carboxylic acids is 1. The van der Waals surface area contributed by atoms with Crippen molar-refractivity contribution in [3.8, 4) is 5.75 Å². The maximum absolute atomic E-state index is 12.3.